The van der Waals surface area contributed by atoms with E-state index in [0.717, 1.165) is 22.4 Å². The lowest BCUT2D eigenvalue weighted by Gasteiger charge is -2.19. The van der Waals surface area contributed by atoms with Crippen LogP contribution < -0.4 is 5.32 Å². The third-order valence-electron chi connectivity index (χ3n) is 3.81. The molecular formula is C22H22N2O2. The first-order valence-electron chi connectivity index (χ1n) is 8.36. The molecule has 132 valence electrons. The largest absolute Gasteiger partial charge is 0.467 e. The van der Waals surface area contributed by atoms with Gasteiger partial charge in [-0.05, 0) is 73.0 Å². The van der Waals surface area contributed by atoms with Crippen molar-refractivity contribution in [1.82, 2.24) is 0 Å². The monoisotopic (exact) mass is 346 g/mol. The fourth-order valence-corrected chi connectivity index (χ4v) is 2.65. The first kappa shape index (κ1) is 19.0. The highest BCUT2D eigenvalue weighted by atomic mass is 16.5. The summed E-state index contributed by atoms with van der Waals surface area (Å²) in [5, 5.41) is 12.1. The average Bonchev–Trinajstić information content (AvgIpc) is 2.66. The van der Waals surface area contributed by atoms with E-state index in [1.54, 1.807) is 24.3 Å². The van der Waals surface area contributed by atoms with Gasteiger partial charge in [0.1, 0.15) is 0 Å². The predicted octanol–water partition coefficient (Wildman–Crippen LogP) is 4.95. The number of nitrogens with one attached hydrogen (secondary N) is 1. The van der Waals surface area contributed by atoms with Gasteiger partial charge in [0.05, 0.1) is 18.7 Å². The zero-order valence-corrected chi connectivity index (χ0v) is 15.2. The average molecular weight is 346 g/mol. The predicted molar refractivity (Wildman–Crippen MR) is 105 cm³/mol. The first-order chi connectivity index (χ1) is 12.6. The van der Waals surface area contributed by atoms with Crippen LogP contribution in [0.5, 0.6) is 0 Å². The smallest absolute Gasteiger partial charge is 0.332 e. The van der Waals surface area contributed by atoms with Crippen molar-refractivity contribution in [3.63, 3.8) is 0 Å². The highest BCUT2D eigenvalue weighted by Gasteiger charge is 2.22. The Hall–Kier alpha value is -3.32. The molecule has 0 radical (unpaired) electrons. The summed E-state index contributed by atoms with van der Waals surface area (Å²) in [5.41, 5.74) is 4.13. The van der Waals surface area contributed by atoms with E-state index in [0.29, 0.717) is 5.56 Å². The topological polar surface area (TPSA) is 62.1 Å². The number of carbonyl (C=O) groups excluding carboxylic acids is 1. The van der Waals surface area contributed by atoms with Crippen LogP contribution in [0.25, 0.3) is 12.2 Å². The SMILES string of the molecule is CC=Cc1cc(C=CC)cc(C(Nc2ccc(C#N)cc2)C(=O)OC)c1. The summed E-state index contributed by atoms with van der Waals surface area (Å²) >= 11 is 0. The van der Waals surface area contributed by atoms with Crippen molar-refractivity contribution in [3.8, 4) is 6.07 Å². The molecule has 0 aromatic heterocycles. The Morgan fingerprint density at radius 3 is 2.12 bits per heavy atom. The van der Waals surface area contributed by atoms with Gasteiger partial charge in [-0.2, -0.15) is 5.26 Å². The Labute approximate surface area is 154 Å². The Morgan fingerprint density at radius 2 is 1.65 bits per heavy atom. The molecule has 0 bridgehead atoms. The number of benzene rings is 2. The number of ether oxygens (including phenoxy) is 1. The number of allylic oxidation sites excluding steroid dienone is 2. The van der Waals surface area contributed by atoms with Crippen LogP contribution in [0.15, 0.2) is 54.6 Å². The minimum absolute atomic E-state index is 0.376. The fourth-order valence-electron chi connectivity index (χ4n) is 2.65. The van der Waals surface area contributed by atoms with Crippen LogP contribution in [0.4, 0.5) is 5.69 Å². The molecule has 0 saturated heterocycles. The van der Waals surface area contributed by atoms with Crippen LogP contribution in [0.1, 0.15) is 42.1 Å². The van der Waals surface area contributed by atoms with Crippen LogP contribution in [0, 0.1) is 11.3 Å². The van der Waals surface area contributed by atoms with E-state index in [-0.39, 0.29) is 5.97 Å². The van der Waals surface area contributed by atoms with Crippen LogP contribution in [-0.4, -0.2) is 13.1 Å². The van der Waals surface area contributed by atoms with Gasteiger partial charge in [0.2, 0.25) is 0 Å². The number of rotatable bonds is 6. The Kier molecular flexibility index (Phi) is 6.75. The quantitative estimate of drug-likeness (QED) is 0.752. The third-order valence-corrected chi connectivity index (χ3v) is 3.81. The van der Waals surface area contributed by atoms with Gasteiger partial charge in [-0.15, -0.1) is 0 Å². The maximum atomic E-state index is 12.4. The van der Waals surface area contributed by atoms with Gasteiger partial charge in [0, 0.05) is 5.69 Å². The summed E-state index contributed by atoms with van der Waals surface area (Å²) in [6, 6.07) is 14.4. The van der Waals surface area contributed by atoms with Crippen molar-refractivity contribution < 1.29 is 9.53 Å². The molecule has 4 heteroatoms. The molecule has 2 aromatic carbocycles. The molecule has 0 aliphatic carbocycles. The number of anilines is 1. The Morgan fingerprint density at radius 1 is 1.08 bits per heavy atom. The van der Waals surface area contributed by atoms with Gasteiger partial charge in [-0.1, -0.05) is 24.3 Å². The summed E-state index contributed by atoms with van der Waals surface area (Å²) in [4.78, 5) is 12.4. The molecule has 0 spiro atoms. The molecule has 2 rings (SSSR count). The maximum Gasteiger partial charge on any atom is 0.332 e. The minimum Gasteiger partial charge on any atom is -0.467 e. The summed E-state index contributed by atoms with van der Waals surface area (Å²) < 4.78 is 4.99. The molecule has 0 amide bonds. The molecule has 1 atom stereocenters. The number of carbonyl (C=O) groups is 1. The summed E-state index contributed by atoms with van der Waals surface area (Å²) in [5.74, 6) is -0.376. The Balaban J connectivity index is 2.45. The van der Waals surface area contributed by atoms with Gasteiger partial charge in [0.15, 0.2) is 6.04 Å². The van der Waals surface area contributed by atoms with Crippen molar-refractivity contribution in [3.05, 3.63) is 76.9 Å². The van der Waals surface area contributed by atoms with Gasteiger partial charge < -0.3 is 10.1 Å². The number of esters is 1. The van der Waals surface area contributed by atoms with Crippen LogP contribution >= 0.6 is 0 Å². The summed E-state index contributed by atoms with van der Waals surface area (Å²) in [7, 11) is 1.37. The molecule has 1 unspecified atom stereocenters. The normalized spacial score (nSPS) is 12.1. The fraction of sp³-hybridized carbons (Fsp3) is 0.182. The standard InChI is InChI=1S/C22H22N2O2/c1-4-6-17-12-18(7-5-2)14-19(13-17)21(22(25)26-3)24-20-10-8-16(15-23)9-11-20/h4-14,21,24H,1-3H3. The lowest BCUT2D eigenvalue weighted by atomic mass is 9.99. The van der Waals surface area contributed by atoms with Crippen LogP contribution in [-0.2, 0) is 9.53 Å². The van der Waals surface area contributed by atoms with Crippen LogP contribution in [0.2, 0.25) is 0 Å². The first-order valence-corrected chi connectivity index (χ1v) is 8.36. The highest BCUT2D eigenvalue weighted by molar-refractivity contribution is 5.82. The van der Waals surface area contributed by atoms with E-state index in [1.807, 2.05) is 50.3 Å². The third kappa shape index (κ3) is 4.84. The number of nitrogens with zero attached hydrogens (tertiary/aromatic N) is 1. The zero-order valence-electron chi connectivity index (χ0n) is 15.2. The Bertz CT molecular complexity index is 828. The number of hydrogen-bond acceptors (Lipinski definition) is 4. The van der Waals surface area contributed by atoms with Gasteiger partial charge in [0.25, 0.3) is 0 Å². The molecule has 0 aliphatic rings. The second kappa shape index (κ2) is 9.24. The molecule has 0 aliphatic heterocycles. The minimum atomic E-state index is -0.651. The number of nitriles is 1. The van der Waals surface area contributed by atoms with Crippen molar-refractivity contribution in [2.75, 3.05) is 12.4 Å². The van der Waals surface area contributed by atoms with Crippen molar-refractivity contribution in [1.29, 1.82) is 5.26 Å². The lowest BCUT2D eigenvalue weighted by Crippen LogP contribution is -2.22. The van der Waals surface area contributed by atoms with E-state index in [1.165, 1.54) is 7.11 Å². The summed E-state index contributed by atoms with van der Waals surface area (Å²) in [6.45, 7) is 3.91. The van der Waals surface area contributed by atoms with E-state index in [2.05, 4.69) is 17.5 Å². The summed E-state index contributed by atoms with van der Waals surface area (Å²) in [6.07, 6.45) is 7.90. The van der Waals surface area contributed by atoms with E-state index >= 15 is 0 Å². The molecule has 0 fully saturated rings. The van der Waals surface area contributed by atoms with E-state index < -0.39 is 6.04 Å². The lowest BCUT2D eigenvalue weighted by molar-refractivity contribution is -0.141. The molecule has 1 N–H and O–H groups in total. The second-order valence-corrected chi connectivity index (χ2v) is 5.72. The molecule has 0 heterocycles. The van der Waals surface area contributed by atoms with Gasteiger partial charge in [-0.25, -0.2) is 4.79 Å². The molecular weight excluding hydrogens is 324 g/mol. The van der Waals surface area contributed by atoms with Crippen molar-refractivity contribution in [2.45, 2.75) is 19.9 Å². The van der Waals surface area contributed by atoms with Gasteiger partial charge in [-0.3, -0.25) is 0 Å². The van der Waals surface area contributed by atoms with Crippen molar-refractivity contribution in [2.24, 2.45) is 0 Å². The zero-order chi connectivity index (χ0) is 18.9. The number of hydrogen-bond donors (Lipinski definition) is 1. The molecule has 4 nitrogen and oxygen atoms in total. The molecule has 2 aromatic rings. The highest BCUT2D eigenvalue weighted by Crippen LogP contribution is 2.25. The van der Waals surface area contributed by atoms with Crippen molar-refractivity contribution >= 4 is 23.8 Å². The van der Waals surface area contributed by atoms with Gasteiger partial charge >= 0.3 is 5.97 Å². The van der Waals surface area contributed by atoms with Crippen LogP contribution in [0.3, 0.4) is 0 Å². The number of methoxy groups -OCH3 is 1. The maximum absolute atomic E-state index is 12.4. The van der Waals surface area contributed by atoms with E-state index in [4.69, 9.17) is 10.00 Å². The van der Waals surface area contributed by atoms with E-state index in [9.17, 15) is 4.79 Å². The molecule has 26 heavy (non-hydrogen) atoms. The second-order valence-electron chi connectivity index (χ2n) is 5.72. The molecule has 0 saturated carbocycles.